The van der Waals surface area contributed by atoms with Gasteiger partial charge in [-0.1, -0.05) is 35.9 Å². The Morgan fingerprint density at radius 2 is 1.87 bits per heavy atom. The third kappa shape index (κ3) is 4.97. The maximum Gasteiger partial charge on any atom is 0.223 e. The van der Waals surface area contributed by atoms with E-state index in [0.717, 1.165) is 48.0 Å². The number of hydrogen-bond acceptors (Lipinski definition) is 4. The number of rotatable bonds is 6. The van der Waals surface area contributed by atoms with Gasteiger partial charge < -0.3 is 10.2 Å². The van der Waals surface area contributed by atoms with Crippen LogP contribution in [0.4, 0.5) is 11.6 Å². The summed E-state index contributed by atoms with van der Waals surface area (Å²) >= 11 is 6.06. The Balaban J connectivity index is 1.44. The van der Waals surface area contributed by atoms with E-state index in [0.29, 0.717) is 17.9 Å². The van der Waals surface area contributed by atoms with Crippen molar-refractivity contribution in [3.05, 3.63) is 82.6 Å². The number of likely N-dealkylation sites (tertiary alicyclic amines) is 1. The van der Waals surface area contributed by atoms with Crippen LogP contribution >= 0.6 is 11.6 Å². The van der Waals surface area contributed by atoms with Gasteiger partial charge in [0, 0.05) is 23.7 Å². The van der Waals surface area contributed by atoms with Crippen molar-refractivity contribution in [1.82, 2.24) is 14.9 Å². The summed E-state index contributed by atoms with van der Waals surface area (Å²) in [4.78, 5) is 24.2. The number of aromatic nitrogens is 2. The molecule has 1 aliphatic rings. The number of carbonyl (C=O) groups is 1. The highest BCUT2D eigenvalue weighted by Crippen LogP contribution is 2.32. The molecule has 1 fully saturated rings. The smallest absolute Gasteiger partial charge is 0.223 e. The standard InChI is InChI=1S/C24H25ClN4O/c1-17-6-2-11-22(26-17)28-23-12-4-9-20(27-23)21-10-5-15-29(21)24(30)14-13-18-7-3-8-19(25)16-18/h2-4,6-9,11-12,16,21H,5,10,13-15H2,1H3,(H,26,27,28). The largest absolute Gasteiger partial charge is 0.334 e. The first kappa shape index (κ1) is 20.4. The molecule has 154 valence electrons. The Bertz CT molecular complexity index is 1040. The Kier molecular flexibility index (Phi) is 6.29. The summed E-state index contributed by atoms with van der Waals surface area (Å²) in [6, 6.07) is 19.5. The van der Waals surface area contributed by atoms with Crippen molar-refractivity contribution in [2.24, 2.45) is 0 Å². The molecule has 1 amide bonds. The van der Waals surface area contributed by atoms with Crippen molar-refractivity contribution in [2.45, 2.75) is 38.6 Å². The van der Waals surface area contributed by atoms with Gasteiger partial charge in [-0.3, -0.25) is 4.79 Å². The second-order valence-electron chi connectivity index (χ2n) is 7.61. The Labute approximate surface area is 182 Å². The number of carbonyl (C=O) groups excluding carboxylic acids is 1. The average Bonchev–Trinajstić information content (AvgIpc) is 3.22. The summed E-state index contributed by atoms with van der Waals surface area (Å²) in [5.74, 6) is 1.67. The maximum absolute atomic E-state index is 12.9. The van der Waals surface area contributed by atoms with Crippen LogP contribution in [0.2, 0.25) is 5.02 Å². The molecule has 1 atom stereocenters. The van der Waals surface area contributed by atoms with Crippen LogP contribution in [-0.4, -0.2) is 27.3 Å². The predicted molar refractivity (Wildman–Crippen MR) is 120 cm³/mol. The van der Waals surface area contributed by atoms with E-state index in [4.69, 9.17) is 16.6 Å². The molecule has 3 heterocycles. The molecule has 1 N–H and O–H groups in total. The fraction of sp³-hybridized carbons (Fsp3) is 0.292. The van der Waals surface area contributed by atoms with Gasteiger partial charge in [0.2, 0.25) is 5.91 Å². The molecule has 5 nitrogen and oxygen atoms in total. The number of amides is 1. The quantitative estimate of drug-likeness (QED) is 0.573. The highest BCUT2D eigenvalue weighted by Gasteiger charge is 2.30. The normalized spacial score (nSPS) is 15.9. The van der Waals surface area contributed by atoms with E-state index in [1.165, 1.54) is 0 Å². The summed E-state index contributed by atoms with van der Waals surface area (Å²) < 4.78 is 0. The predicted octanol–water partition coefficient (Wildman–Crippen LogP) is 5.48. The van der Waals surface area contributed by atoms with E-state index in [1.54, 1.807) is 0 Å². The molecular formula is C24H25ClN4O. The molecule has 0 radical (unpaired) electrons. The van der Waals surface area contributed by atoms with Gasteiger partial charge in [-0.15, -0.1) is 0 Å². The van der Waals surface area contributed by atoms with Crippen LogP contribution in [0.25, 0.3) is 0 Å². The van der Waals surface area contributed by atoms with Crippen molar-refractivity contribution in [3.63, 3.8) is 0 Å². The molecule has 1 unspecified atom stereocenters. The molecule has 1 aliphatic heterocycles. The zero-order chi connectivity index (χ0) is 20.9. The van der Waals surface area contributed by atoms with Gasteiger partial charge in [-0.05, 0) is 68.1 Å². The van der Waals surface area contributed by atoms with Crippen LogP contribution in [0, 0.1) is 6.92 Å². The van der Waals surface area contributed by atoms with Crippen molar-refractivity contribution in [2.75, 3.05) is 11.9 Å². The number of anilines is 2. The third-order valence-electron chi connectivity index (χ3n) is 5.35. The molecule has 0 aliphatic carbocycles. The second-order valence-corrected chi connectivity index (χ2v) is 8.05. The van der Waals surface area contributed by atoms with Crippen molar-refractivity contribution >= 4 is 29.1 Å². The Morgan fingerprint density at radius 3 is 2.67 bits per heavy atom. The SMILES string of the molecule is Cc1cccc(Nc2cccc(C3CCCN3C(=O)CCc3cccc(Cl)c3)n2)n1. The first-order valence-corrected chi connectivity index (χ1v) is 10.7. The van der Waals surface area contributed by atoms with E-state index in [-0.39, 0.29) is 11.9 Å². The number of aryl methyl sites for hydroxylation is 2. The summed E-state index contributed by atoms with van der Waals surface area (Å²) in [6.45, 7) is 2.73. The molecule has 3 aromatic rings. The number of benzene rings is 1. The molecule has 0 saturated carbocycles. The molecule has 2 aromatic heterocycles. The number of nitrogens with one attached hydrogen (secondary N) is 1. The molecule has 0 bridgehead atoms. The average molecular weight is 421 g/mol. The third-order valence-corrected chi connectivity index (χ3v) is 5.58. The van der Waals surface area contributed by atoms with Gasteiger partial charge in [0.25, 0.3) is 0 Å². The van der Waals surface area contributed by atoms with Gasteiger partial charge in [0.15, 0.2) is 0 Å². The van der Waals surface area contributed by atoms with E-state index < -0.39 is 0 Å². The monoisotopic (exact) mass is 420 g/mol. The summed E-state index contributed by atoms with van der Waals surface area (Å²) in [5.41, 5.74) is 2.95. The number of halogens is 1. The van der Waals surface area contributed by atoms with Gasteiger partial charge in [0.1, 0.15) is 11.6 Å². The highest BCUT2D eigenvalue weighted by molar-refractivity contribution is 6.30. The summed E-state index contributed by atoms with van der Waals surface area (Å²) in [5, 5.41) is 3.97. The van der Waals surface area contributed by atoms with Gasteiger partial charge >= 0.3 is 0 Å². The topological polar surface area (TPSA) is 58.1 Å². The van der Waals surface area contributed by atoms with E-state index in [9.17, 15) is 4.79 Å². The zero-order valence-electron chi connectivity index (χ0n) is 17.0. The Hall–Kier alpha value is -2.92. The van der Waals surface area contributed by atoms with Crippen LogP contribution in [0.3, 0.4) is 0 Å². The second kappa shape index (κ2) is 9.26. The first-order valence-electron chi connectivity index (χ1n) is 10.3. The molecule has 4 rings (SSSR count). The lowest BCUT2D eigenvalue weighted by Gasteiger charge is -2.25. The molecule has 1 aromatic carbocycles. The van der Waals surface area contributed by atoms with E-state index in [1.807, 2.05) is 72.5 Å². The fourth-order valence-corrected chi connectivity index (χ4v) is 4.12. The minimum Gasteiger partial charge on any atom is -0.334 e. The van der Waals surface area contributed by atoms with Crippen molar-refractivity contribution < 1.29 is 4.79 Å². The first-order chi connectivity index (χ1) is 14.6. The number of hydrogen-bond donors (Lipinski definition) is 1. The van der Waals surface area contributed by atoms with Gasteiger partial charge in [-0.25, -0.2) is 9.97 Å². The molecular weight excluding hydrogens is 396 g/mol. The van der Waals surface area contributed by atoms with E-state index >= 15 is 0 Å². The number of nitrogens with zero attached hydrogens (tertiary/aromatic N) is 3. The highest BCUT2D eigenvalue weighted by atomic mass is 35.5. The lowest BCUT2D eigenvalue weighted by Crippen LogP contribution is -2.31. The van der Waals surface area contributed by atoms with Gasteiger partial charge in [-0.2, -0.15) is 0 Å². The minimum atomic E-state index is 0.0177. The van der Waals surface area contributed by atoms with Crippen molar-refractivity contribution in [1.29, 1.82) is 0 Å². The van der Waals surface area contributed by atoms with Crippen LogP contribution in [-0.2, 0) is 11.2 Å². The van der Waals surface area contributed by atoms with Crippen LogP contribution in [0.1, 0.15) is 42.3 Å². The molecule has 6 heteroatoms. The molecule has 0 spiro atoms. The molecule has 30 heavy (non-hydrogen) atoms. The summed E-state index contributed by atoms with van der Waals surface area (Å²) in [7, 11) is 0. The van der Waals surface area contributed by atoms with Crippen LogP contribution in [0.15, 0.2) is 60.7 Å². The summed E-state index contributed by atoms with van der Waals surface area (Å²) in [6.07, 6.45) is 3.09. The molecule has 1 saturated heterocycles. The van der Waals surface area contributed by atoms with Crippen LogP contribution < -0.4 is 5.32 Å². The van der Waals surface area contributed by atoms with E-state index in [2.05, 4.69) is 10.3 Å². The van der Waals surface area contributed by atoms with Crippen molar-refractivity contribution in [3.8, 4) is 0 Å². The van der Waals surface area contributed by atoms with Gasteiger partial charge in [0.05, 0.1) is 11.7 Å². The number of pyridine rings is 2. The van der Waals surface area contributed by atoms with Crippen LogP contribution in [0.5, 0.6) is 0 Å². The maximum atomic E-state index is 12.9. The lowest BCUT2D eigenvalue weighted by molar-refractivity contribution is -0.132. The minimum absolute atomic E-state index is 0.0177. The fourth-order valence-electron chi connectivity index (χ4n) is 3.91. The Morgan fingerprint density at radius 1 is 1.10 bits per heavy atom. The lowest BCUT2D eigenvalue weighted by atomic mass is 10.1. The zero-order valence-corrected chi connectivity index (χ0v) is 17.8.